The molecular formula is C13H18N2O4. The van der Waals surface area contributed by atoms with Crippen LogP contribution in [0.15, 0.2) is 18.2 Å². The van der Waals surface area contributed by atoms with Crippen molar-refractivity contribution >= 4 is 17.6 Å². The first-order valence-corrected chi connectivity index (χ1v) is 5.85. The van der Waals surface area contributed by atoms with Crippen LogP contribution in [0.4, 0.5) is 5.69 Å². The van der Waals surface area contributed by atoms with Gasteiger partial charge in [-0.15, -0.1) is 0 Å². The second-order valence-corrected chi connectivity index (χ2v) is 4.21. The first kappa shape index (κ1) is 15.1. The van der Waals surface area contributed by atoms with Gasteiger partial charge in [0, 0.05) is 19.4 Å². The highest BCUT2D eigenvalue weighted by Gasteiger charge is 2.15. The van der Waals surface area contributed by atoms with Crippen LogP contribution in [-0.4, -0.2) is 36.7 Å². The molecule has 1 atom stereocenters. The molecule has 0 spiro atoms. The molecule has 0 fully saturated rings. The molecule has 1 rings (SSSR count). The number of nitrogens with two attached hydrogens (primary N) is 1. The zero-order chi connectivity index (χ0) is 14.4. The fourth-order valence-corrected chi connectivity index (χ4v) is 1.49. The molecule has 0 aliphatic heterocycles. The Morgan fingerprint density at radius 1 is 1.47 bits per heavy atom. The number of ether oxygens (including phenoxy) is 1. The average molecular weight is 266 g/mol. The van der Waals surface area contributed by atoms with Gasteiger partial charge in [0.15, 0.2) is 0 Å². The molecule has 1 aromatic carbocycles. The third kappa shape index (κ3) is 4.35. The lowest BCUT2D eigenvalue weighted by atomic mass is 10.1. The van der Waals surface area contributed by atoms with Crippen molar-refractivity contribution in [1.82, 2.24) is 0 Å². The fraction of sp³-hybridized carbons (Fsp3) is 0.385. The molecule has 0 heterocycles. The Hall–Kier alpha value is -1.92. The number of hydrogen-bond donors (Lipinski definition) is 3. The number of carboxylic acid groups (broad SMARTS) is 1. The Morgan fingerprint density at radius 3 is 2.74 bits per heavy atom. The van der Waals surface area contributed by atoms with Gasteiger partial charge >= 0.3 is 5.97 Å². The van der Waals surface area contributed by atoms with E-state index in [2.05, 4.69) is 5.32 Å². The zero-order valence-electron chi connectivity index (χ0n) is 11.0. The highest BCUT2D eigenvalue weighted by Crippen LogP contribution is 2.17. The Balaban J connectivity index is 2.78. The second-order valence-electron chi connectivity index (χ2n) is 4.21. The molecule has 0 aromatic heterocycles. The fourth-order valence-electron chi connectivity index (χ4n) is 1.49. The van der Waals surface area contributed by atoms with Gasteiger partial charge in [-0.05, 0) is 31.0 Å². The molecule has 19 heavy (non-hydrogen) atoms. The maximum Gasteiger partial charge on any atom is 0.335 e. The quantitative estimate of drug-likeness (QED) is 0.712. The van der Waals surface area contributed by atoms with Crippen LogP contribution in [0.25, 0.3) is 0 Å². The van der Waals surface area contributed by atoms with Crippen molar-refractivity contribution in [2.45, 2.75) is 19.4 Å². The van der Waals surface area contributed by atoms with Crippen LogP contribution in [0.3, 0.4) is 0 Å². The Morgan fingerprint density at radius 2 is 2.16 bits per heavy atom. The summed E-state index contributed by atoms with van der Waals surface area (Å²) in [6.07, 6.45) is 0.403. The number of methoxy groups -OCH3 is 1. The minimum absolute atomic E-state index is 0.117. The smallest absolute Gasteiger partial charge is 0.335 e. The molecule has 4 N–H and O–H groups in total. The number of amides is 1. The molecule has 104 valence electrons. The lowest BCUT2D eigenvalue weighted by molar-refractivity contribution is -0.117. The van der Waals surface area contributed by atoms with Crippen LogP contribution in [0.1, 0.15) is 22.3 Å². The van der Waals surface area contributed by atoms with Gasteiger partial charge in [-0.2, -0.15) is 0 Å². The van der Waals surface area contributed by atoms with E-state index in [1.165, 1.54) is 19.2 Å². The number of carbonyl (C=O) groups is 2. The van der Waals surface area contributed by atoms with Crippen molar-refractivity contribution < 1.29 is 19.4 Å². The summed E-state index contributed by atoms with van der Waals surface area (Å²) in [4.78, 5) is 22.7. The zero-order valence-corrected chi connectivity index (χ0v) is 11.0. The molecule has 0 aliphatic rings. The second kappa shape index (κ2) is 6.86. The molecule has 0 radical (unpaired) electrons. The largest absolute Gasteiger partial charge is 0.478 e. The summed E-state index contributed by atoms with van der Waals surface area (Å²) in [7, 11) is 1.53. The maximum absolute atomic E-state index is 11.8. The van der Waals surface area contributed by atoms with Crippen LogP contribution < -0.4 is 11.1 Å². The maximum atomic E-state index is 11.8. The molecule has 1 amide bonds. The summed E-state index contributed by atoms with van der Waals surface area (Å²) in [6.45, 7) is 2.17. The number of carboxylic acids is 1. The number of benzene rings is 1. The molecule has 0 saturated carbocycles. The van der Waals surface area contributed by atoms with Gasteiger partial charge in [0.1, 0.15) is 0 Å². The van der Waals surface area contributed by atoms with Gasteiger partial charge in [0.2, 0.25) is 5.91 Å². The van der Waals surface area contributed by atoms with E-state index in [0.29, 0.717) is 18.7 Å². The van der Waals surface area contributed by atoms with Gasteiger partial charge in [-0.3, -0.25) is 4.79 Å². The topological polar surface area (TPSA) is 102 Å². The molecule has 0 saturated heterocycles. The summed E-state index contributed by atoms with van der Waals surface area (Å²) in [5, 5.41) is 11.5. The normalized spacial score (nSPS) is 11.9. The predicted octanol–water partition coefficient (Wildman–Crippen LogP) is 0.996. The van der Waals surface area contributed by atoms with Gasteiger partial charge < -0.3 is 20.9 Å². The summed E-state index contributed by atoms with van der Waals surface area (Å²) in [5.41, 5.74) is 7.04. The van der Waals surface area contributed by atoms with Gasteiger partial charge in [0.25, 0.3) is 0 Å². The van der Waals surface area contributed by atoms with Crippen LogP contribution in [0.5, 0.6) is 0 Å². The van der Waals surface area contributed by atoms with Crippen LogP contribution in [0, 0.1) is 6.92 Å². The Bertz CT molecular complexity index is 474. The minimum atomic E-state index is -1.04. The number of rotatable bonds is 6. The summed E-state index contributed by atoms with van der Waals surface area (Å²) in [6, 6.07) is 3.85. The molecule has 0 bridgehead atoms. The van der Waals surface area contributed by atoms with Gasteiger partial charge in [-0.1, -0.05) is 6.07 Å². The standard InChI is InChI=1S/C13H18N2O4/c1-8-3-4-9(13(17)18)7-11(8)15-12(16)10(14)5-6-19-2/h3-4,7,10H,5-6,14H2,1-2H3,(H,15,16)(H,17,18). The summed E-state index contributed by atoms with van der Waals surface area (Å²) < 4.78 is 4.85. The third-order valence-electron chi connectivity index (χ3n) is 2.71. The van der Waals surface area contributed by atoms with E-state index in [9.17, 15) is 9.59 Å². The number of nitrogens with one attached hydrogen (secondary N) is 1. The third-order valence-corrected chi connectivity index (χ3v) is 2.71. The van der Waals surface area contributed by atoms with Crippen molar-refractivity contribution in [3.05, 3.63) is 29.3 Å². The monoisotopic (exact) mass is 266 g/mol. The molecule has 1 aromatic rings. The predicted molar refractivity (Wildman–Crippen MR) is 71.2 cm³/mol. The van der Waals surface area contributed by atoms with Crippen molar-refractivity contribution in [3.8, 4) is 0 Å². The molecule has 6 heteroatoms. The summed E-state index contributed by atoms with van der Waals surface area (Å²) in [5.74, 6) is -1.40. The van der Waals surface area contributed by atoms with E-state index in [4.69, 9.17) is 15.6 Å². The minimum Gasteiger partial charge on any atom is -0.478 e. The van der Waals surface area contributed by atoms with Crippen molar-refractivity contribution in [2.24, 2.45) is 5.73 Å². The lowest BCUT2D eigenvalue weighted by Gasteiger charge is -2.13. The molecular weight excluding hydrogens is 248 g/mol. The Labute approximate surface area is 111 Å². The number of aryl methyl sites for hydroxylation is 1. The van der Waals surface area contributed by atoms with Crippen molar-refractivity contribution in [3.63, 3.8) is 0 Å². The van der Waals surface area contributed by atoms with Crippen molar-refractivity contribution in [2.75, 3.05) is 19.0 Å². The first-order chi connectivity index (χ1) is 8.95. The van der Waals surface area contributed by atoms with Crippen LogP contribution in [-0.2, 0) is 9.53 Å². The van der Waals surface area contributed by atoms with E-state index in [0.717, 1.165) is 5.56 Å². The highest BCUT2D eigenvalue weighted by atomic mass is 16.5. The summed E-state index contributed by atoms with van der Waals surface area (Å²) >= 11 is 0. The average Bonchev–Trinajstić information content (AvgIpc) is 2.38. The van der Waals surface area contributed by atoms with E-state index >= 15 is 0 Å². The highest BCUT2D eigenvalue weighted by molar-refractivity contribution is 5.97. The molecule has 6 nitrogen and oxygen atoms in total. The number of hydrogen-bond acceptors (Lipinski definition) is 4. The van der Waals surface area contributed by atoms with Crippen molar-refractivity contribution in [1.29, 1.82) is 0 Å². The van der Waals surface area contributed by atoms with E-state index < -0.39 is 12.0 Å². The van der Waals surface area contributed by atoms with E-state index in [1.54, 1.807) is 13.0 Å². The first-order valence-electron chi connectivity index (χ1n) is 5.85. The number of anilines is 1. The Kier molecular flexibility index (Phi) is 5.47. The van der Waals surface area contributed by atoms with Crippen LogP contribution >= 0.6 is 0 Å². The van der Waals surface area contributed by atoms with Gasteiger partial charge in [0.05, 0.1) is 11.6 Å². The molecule has 1 unspecified atom stereocenters. The lowest BCUT2D eigenvalue weighted by Crippen LogP contribution is -2.36. The van der Waals surface area contributed by atoms with E-state index in [1.807, 2.05) is 0 Å². The van der Waals surface area contributed by atoms with E-state index in [-0.39, 0.29) is 11.5 Å². The van der Waals surface area contributed by atoms with Crippen LogP contribution in [0.2, 0.25) is 0 Å². The SMILES string of the molecule is COCCC(N)C(=O)Nc1cc(C(=O)O)ccc1C. The number of carbonyl (C=O) groups excluding carboxylic acids is 1. The molecule has 0 aliphatic carbocycles. The van der Waals surface area contributed by atoms with Gasteiger partial charge in [-0.25, -0.2) is 4.79 Å². The number of aromatic carboxylic acids is 1.